The fraction of sp³-hybridized carbons (Fsp3) is 0.120. The van der Waals surface area contributed by atoms with E-state index in [1.165, 1.54) is 20.4 Å². The number of rotatable bonds is 7. The summed E-state index contributed by atoms with van der Waals surface area (Å²) in [6.07, 6.45) is 3.85. The van der Waals surface area contributed by atoms with Crippen molar-refractivity contribution in [1.29, 1.82) is 5.26 Å². The molecule has 0 spiro atoms. The zero-order chi connectivity index (χ0) is 23.4. The number of hydrogen-bond donors (Lipinski definition) is 1. The number of Topliss-reactive ketones (excluding diaryl/α,β-unsaturated/α-hetero) is 1. The molecule has 0 aliphatic rings. The highest BCUT2D eigenvalue weighted by Crippen LogP contribution is 2.32. The molecule has 1 N–H and O–H groups in total. The average Bonchev–Trinajstić information content (AvgIpc) is 3.22. The van der Waals surface area contributed by atoms with Crippen molar-refractivity contribution in [1.82, 2.24) is 9.38 Å². The summed E-state index contributed by atoms with van der Waals surface area (Å²) < 4.78 is 12.3. The van der Waals surface area contributed by atoms with Crippen LogP contribution < -0.4 is 14.8 Å². The van der Waals surface area contributed by atoms with Gasteiger partial charge in [0.15, 0.2) is 0 Å². The smallest absolute Gasteiger partial charge is 0.297 e. The van der Waals surface area contributed by atoms with Crippen molar-refractivity contribution in [2.45, 2.75) is 6.42 Å². The van der Waals surface area contributed by atoms with Gasteiger partial charge in [0.2, 0.25) is 5.88 Å². The van der Waals surface area contributed by atoms with Crippen LogP contribution in [0.5, 0.6) is 11.6 Å². The SMILES string of the molecule is COc1ccnc(OC)c1NC(=O)C(=O)c1cc(Cc2ccc(C#N)cc2)n2ccccc12. The molecule has 4 rings (SSSR count). The van der Waals surface area contributed by atoms with E-state index < -0.39 is 11.7 Å². The Hall–Kier alpha value is -4.64. The van der Waals surface area contributed by atoms with Crippen LogP contribution >= 0.6 is 0 Å². The number of pyridine rings is 2. The minimum absolute atomic E-state index is 0.138. The molecule has 33 heavy (non-hydrogen) atoms. The second-order valence-electron chi connectivity index (χ2n) is 7.17. The number of ether oxygens (including phenoxy) is 2. The van der Waals surface area contributed by atoms with Crippen LogP contribution in [0.3, 0.4) is 0 Å². The predicted octanol–water partition coefficient (Wildman–Crippen LogP) is 3.64. The van der Waals surface area contributed by atoms with E-state index in [2.05, 4.69) is 16.4 Å². The summed E-state index contributed by atoms with van der Waals surface area (Å²) in [6, 6.07) is 18.1. The highest BCUT2D eigenvalue weighted by molar-refractivity contribution is 6.48. The number of carbonyl (C=O) groups is 2. The van der Waals surface area contributed by atoms with Gasteiger partial charge in [-0.15, -0.1) is 0 Å². The lowest BCUT2D eigenvalue weighted by Crippen LogP contribution is -2.23. The standard InChI is InChI=1S/C25H20N4O4/c1-32-21-10-11-27-25(33-2)22(21)28-24(31)23(30)19-14-18(29-12-4-3-5-20(19)29)13-16-6-8-17(15-26)9-7-16/h3-12,14H,13H2,1-2H3,(H,28,31). The molecule has 0 aliphatic carbocycles. The minimum Gasteiger partial charge on any atom is -0.494 e. The molecule has 4 aromatic rings. The number of nitrogens with one attached hydrogen (secondary N) is 1. The first-order valence-electron chi connectivity index (χ1n) is 10.1. The van der Waals surface area contributed by atoms with Crippen molar-refractivity contribution in [2.24, 2.45) is 0 Å². The number of hydrogen-bond acceptors (Lipinski definition) is 6. The maximum absolute atomic E-state index is 13.1. The number of fused-ring (bicyclic) bond motifs is 1. The van der Waals surface area contributed by atoms with Gasteiger partial charge in [0.05, 0.1) is 36.9 Å². The van der Waals surface area contributed by atoms with E-state index in [1.807, 2.05) is 34.9 Å². The average molecular weight is 440 g/mol. The van der Waals surface area contributed by atoms with Gasteiger partial charge in [-0.25, -0.2) is 4.98 Å². The number of methoxy groups -OCH3 is 2. The quantitative estimate of drug-likeness (QED) is 0.347. The summed E-state index contributed by atoms with van der Waals surface area (Å²) in [6.45, 7) is 0. The van der Waals surface area contributed by atoms with Crippen LogP contribution in [-0.4, -0.2) is 35.3 Å². The van der Waals surface area contributed by atoms with Crippen molar-refractivity contribution >= 4 is 22.9 Å². The molecule has 8 nitrogen and oxygen atoms in total. The maximum Gasteiger partial charge on any atom is 0.297 e. The second-order valence-corrected chi connectivity index (χ2v) is 7.17. The summed E-state index contributed by atoms with van der Waals surface area (Å²) in [7, 11) is 2.86. The van der Waals surface area contributed by atoms with Crippen LogP contribution in [0.1, 0.15) is 27.2 Å². The van der Waals surface area contributed by atoms with Gasteiger partial charge in [-0.05, 0) is 35.9 Å². The van der Waals surface area contributed by atoms with Crippen molar-refractivity contribution in [2.75, 3.05) is 19.5 Å². The first kappa shape index (κ1) is 21.6. The van der Waals surface area contributed by atoms with Crippen LogP contribution in [0.4, 0.5) is 5.69 Å². The number of aromatic nitrogens is 2. The lowest BCUT2D eigenvalue weighted by Gasteiger charge is -2.12. The third kappa shape index (κ3) is 4.25. The molecule has 0 saturated heterocycles. The highest BCUT2D eigenvalue weighted by Gasteiger charge is 2.24. The molecular weight excluding hydrogens is 420 g/mol. The topological polar surface area (TPSA) is 106 Å². The Balaban J connectivity index is 1.66. The van der Waals surface area contributed by atoms with E-state index in [1.54, 1.807) is 30.3 Å². The molecule has 3 heterocycles. The van der Waals surface area contributed by atoms with Crippen molar-refractivity contribution in [3.05, 3.63) is 89.4 Å². The Kier molecular flexibility index (Phi) is 6.04. The van der Waals surface area contributed by atoms with E-state index in [-0.39, 0.29) is 17.1 Å². The maximum atomic E-state index is 13.1. The number of nitriles is 1. The third-order valence-corrected chi connectivity index (χ3v) is 5.21. The Morgan fingerprint density at radius 1 is 1.09 bits per heavy atom. The molecule has 164 valence electrons. The molecule has 0 unspecified atom stereocenters. The minimum atomic E-state index is -0.833. The largest absolute Gasteiger partial charge is 0.494 e. The molecular formula is C25H20N4O4. The summed E-state index contributed by atoms with van der Waals surface area (Å²) >= 11 is 0. The first-order valence-corrected chi connectivity index (χ1v) is 10.1. The van der Waals surface area contributed by atoms with E-state index in [4.69, 9.17) is 14.7 Å². The van der Waals surface area contributed by atoms with Crippen LogP contribution in [0, 0.1) is 11.3 Å². The zero-order valence-corrected chi connectivity index (χ0v) is 18.0. The Morgan fingerprint density at radius 3 is 2.58 bits per heavy atom. The van der Waals surface area contributed by atoms with Crippen molar-refractivity contribution in [3.8, 4) is 17.7 Å². The van der Waals surface area contributed by atoms with E-state index in [9.17, 15) is 9.59 Å². The van der Waals surface area contributed by atoms with Gasteiger partial charge in [-0.3, -0.25) is 9.59 Å². The molecule has 8 heteroatoms. The van der Waals surface area contributed by atoms with Gasteiger partial charge in [0.25, 0.3) is 11.7 Å². The summed E-state index contributed by atoms with van der Waals surface area (Å²) in [5, 5.41) is 11.6. The Morgan fingerprint density at radius 2 is 1.88 bits per heavy atom. The van der Waals surface area contributed by atoms with Gasteiger partial charge < -0.3 is 19.2 Å². The number of carbonyl (C=O) groups excluding carboxylic acids is 2. The van der Waals surface area contributed by atoms with E-state index in [0.29, 0.717) is 23.3 Å². The lowest BCUT2D eigenvalue weighted by atomic mass is 10.1. The summed E-state index contributed by atoms with van der Waals surface area (Å²) in [5.41, 5.74) is 3.47. The molecule has 0 bridgehead atoms. The molecule has 0 atom stereocenters. The van der Waals surface area contributed by atoms with Gasteiger partial charge in [0.1, 0.15) is 11.4 Å². The molecule has 1 aromatic carbocycles. The number of benzene rings is 1. The molecule has 1 amide bonds. The van der Waals surface area contributed by atoms with Crippen LogP contribution in [0.2, 0.25) is 0 Å². The van der Waals surface area contributed by atoms with Crippen LogP contribution in [-0.2, 0) is 11.2 Å². The summed E-state index contributed by atoms with van der Waals surface area (Å²) in [5.74, 6) is -1.07. The fourth-order valence-electron chi connectivity index (χ4n) is 3.61. The normalized spacial score (nSPS) is 10.5. The van der Waals surface area contributed by atoms with Gasteiger partial charge in [-0.1, -0.05) is 18.2 Å². The molecule has 0 fully saturated rings. The van der Waals surface area contributed by atoms with Crippen LogP contribution in [0.15, 0.2) is 67.0 Å². The molecule has 0 aliphatic heterocycles. The second kappa shape index (κ2) is 9.24. The van der Waals surface area contributed by atoms with Gasteiger partial charge in [0, 0.05) is 30.6 Å². The molecule has 0 radical (unpaired) electrons. The fourth-order valence-corrected chi connectivity index (χ4v) is 3.61. The van der Waals surface area contributed by atoms with E-state index in [0.717, 1.165) is 11.3 Å². The van der Waals surface area contributed by atoms with Gasteiger partial charge >= 0.3 is 0 Å². The summed E-state index contributed by atoms with van der Waals surface area (Å²) in [4.78, 5) is 30.1. The Labute approximate surface area is 190 Å². The number of nitrogens with zero attached hydrogens (tertiary/aromatic N) is 3. The number of amides is 1. The monoisotopic (exact) mass is 440 g/mol. The lowest BCUT2D eigenvalue weighted by molar-refractivity contribution is -0.112. The Bertz CT molecular complexity index is 1360. The third-order valence-electron chi connectivity index (χ3n) is 5.21. The molecule has 0 saturated carbocycles. The van der Waals surface area contributed by atoms with Crippen molar-refractivity contribution in [3.63, 3.8) is 0 Å². The number of ketones is 1. The van der Waals surface area contributed by atoms with Crippen LogP contribution in [0.25, 0.3) is 5.52 Å². The highest BCUT2D eigenvalue weighted by atomic mass is 16.5. The number of anilines is 1. The molecule has 3 aromatic heterocycles. The van der Waals surface area contributed by atoms with Gasteiger partial charge in [-0.2, -0.15) is 5.26 Å². The zero-order valence-electron chi connectivity index (χ0n) is 18.0. The van der Waals surface area contributed by atoms with E-state index >= 15 is 0 Å². The first-order chi connectivity index (χ1) is 16.0. The van der Waals surface area contributed by atoms with Crippen molar-refractivity contribution < 1.29 is 19.1 Å². The predicted molar refractivity (Wildman–Crippen MR) is 122 cm³/mol.